The summed E-state index contributed by atoms with van der Waals surface area (Å²) in [4.78, 5) is 13.7. The van der Waals surface area contributed by atoms with Crippen molar-refractivity contribution in [3.63, 3.8) is 0 Å². The minimum absolute atomic E-state index is 0.336. The lowest BCUT2D eigenvalue weighted by Gasteiger charge is -2.14. The molecular formula is C18H13Br2N5O3S. The fraction of sp³-hybridized carbons (Fsp3) is 0.111. The Hall–Kier alpha value is -2.50. The zero-order valence-corrected chi connectivity index (χ0v) is 19.1. The van der Waals surface area contributed by atoms with Crippen molar-refractivity contribution in [3.8, 4) is 22.1 Å². The molecule has 0 atom stereocenters. The van der Waals surface area contributed by atoms with Crippen LogP contribution in [0.2, 0.25) is 0 Å². The number of carbonyl (C=O) groups excluding carboxylic acids is 1. The van der Waals surface area contributed by atoms with Gasteiger partial charge in [-0.25, -0.2) is 0 Å². The van der Waals surface area contributed by atoms with Crippen molar-refractivity contribution >= 4 is 59.8 Å². The summed E-state index contributed by atoms with van der Waals surface area (Å²) in [5, 5.41) is 15.9. The van der Waals surface area contributed by atoms with E-state index in [0.717, 1.165) is 15.0 Å². The van der Waals surface area contributed by atoms with Crippen LogP contribution in [0.25, 0.3) is 15.5 Å². The Balaban J connectivity index is 1.71. The Bertz CT molecular complexity index is 1200. The lowest BCUT2D eigenvalue weighted by Crippen LogP contribution is -2.14. The van der Waals surface area contributed by atoms with Gasteiger partial charge in [0.25, 0.3) is 5.91 Å². The average molecular weight is 539 g/mol. The molecule has 0 spiro atoms. The van der Waals surface area contributed by atoms with Crippen LogP contribution in [0.5, 0.6) is 11.5 Å². The van der Waals surface area contributed by atoms with Crippen LogP contribution in [-0.4, -0.2) is 39.9 Å². The highest BCUT2D eigenvalue weighted by Gasteiger charge is 2.19. The van der Waals surface area contributed by atoms with Gasteiger partial charge < -0.3 is 14.8 Å². The maximum atomic E-state index is 13.0. The quantitative estimate of drug-likeness (QED) is 0.398. The van der Waals surface area contributed by atoms with E-state index >= 15 is 0 Å². The molecule has 11 heteroatoms. The first kappa shape index (κ1) is 19.8. The van der Waals surface area contributed by atoms with Crippen molar-refractivity contribution in [3.05, 3.63) is 51.2 Å². The number of hydrogen-bond acceptors (Lipinski definition) is 7. The molecule has 8 nitrogen and oxygen atoms in total. The number of halogens is 2. The van der Waals surface area contributed by atoms with Crippen molar-refractivity contribution in [2.45, 2.75) is 0 Å². The Morgan fingerprint density at radius 1 is 1.17 bits per heavy atom. The number of anilines is 1. The van der Waals surface area contributed by atoms with Crippen molar-refractivity contribution < 1.29 is 14.3 Å². The number of carbonyl (C=O) groups is 1. The standard InChI is InChI=1S/C18H13Br2N5O3S/c1-27-14-4-3-9(17-24-25-8-21-23-18(25)29-17)5-13(14)22-16(26)11-6-10(19)7-12(20)15(11)28-2/h3-8H,1-2H3,(H,22,26). The van der Waals surface area contributed by atoms with E-state index in [1.54, 1.807) is 30.1 Å². The van der Waals surface area contributed by atoms with Crippen molar-refractivity contribution in [1.29, 1.82) is 0 Å². The summed E-state index contributed by atoms with van der Waals surface area (Å²) in [6.45, 7) is 0. The zero-order valence-electron chi connectivity index (χ0n) is 15.1. The molecule has 0 saturated heterocycles. The van der Waals surface area contributed by atoms with Gasteiger partial charge in [-0.2, -0.15) is 9.61 Å². The molecule has 1 N–H and O–H groups in total. The molecule has 2 aromatic carbocycles. The van der Waals surface area contributed by atoms with Crippen LogP contribution in [0.4, 0.5) is 5.69 Å². The van der Waals surface area contributed by atoms with Gasteiger partial charge in [0.2, 0.25) is 4.96 Å². The summed E-state index contributed by atoms with van der Waals surface area (Å²) in [5.41, 5.74) is 1.71. The SMILES string of the molecule is COc1ccc(-c2nn3cnnc3s2)cc1NC(=O)c1cc(Br)cc(Br)c1OC. The number of amides is 1. The van der Waals surface area contributed by atoms with E-state index in [4.69, 9.17) is 9.47 Å². The Morgan fingerprint density at radius 3 is 2.72 bits per heavy atom. The normalized spacial score (nSPS) is 10.9. The smallest absolute Gasteiger partial charge is 0.259 e. The van der Waals surface area contributed by atoms with Crippen molar-refractivity contribution in [1.82, 2.24) is 19.8 Å². The number of methoxy groups -OCH3 is 2. The molecule has 0 radical (unpaired) electrons. The highest BCUT2D eigenvalue weighted by molar-refractivity contribution is 9.11. The monoisotopic (exact) mass is 537 g/mol. The molecule has 4 aromatic rings. The second-order valence-electron chi connectivity index (χ2n) is 5.80. The van der Waals surface area contributed by atoms with Gasteiger partial charge in [0, 0.05) is 10.0 Å². The predicted octanol–water partition coefficient (Wildman–Crippen LogP) is 4.65. The third-order valence-corrected chi connectivity index (χ3v) is 6.05. The van der Waals surface area contributed by atoms with E-state index in [0.29, 0.717) is 32.2 Å². The minimum Gasteiger partial charge on any atom is -0.495 e. The zero-order chi connectivity index (χ0) is 20.5. The number of fused-ring (bicyclic) bond motifs is 1. The lowest BCUT2D eigenvalue weighted by molar-refractivity contribution is 0.102. The fourth-order valence-electron chi connectivity index (χ4n) is 2.74. The van der Waals surface area contributed by atoms with E-state index in [1.165, 1.54) is 18.4 Å². The van der Waals surface area contributed by atoms with Crippen LogP contribution in [0.15, 0.2) is 45.6 Å². The van der Waals surface area contributed by atoms with Crippen LogP contribution >= 0.6 is 43.2 Å². The summed E-state index contributed by atoms with van der Waals surface area (Å²) < 4.78 is 13.8. The number of nitrogens with zero attached hydrogens (tertiary/aromatic N) is 4. The molecular weight excluding hydrogens is 526 g/mol. The number of ether oxygens (including phenoxy) is 2. The van der Waals surface area contributed by atoms with Crippen LogP contribution in [0.3, 0.4) is 0 Å². The topological polar surface area (TPSA) is 90.6 Å². The van der Waals surface area contributed by atoms with Crippen LogP contribution in [0, 0.1) is 0 Å². The first-order valence-electron chi connectivity index (χ1n) is 8.20. The number of rotatable bonds is 5. The maximum absolute atomic E-state index is 13.0. The molecule has 0 fully saturated rings. The van der Waals surface area contributed by atoms with Gasteiger partial charge >= 0.3 is 0 Å². The van der Waals surface area contributed by atoms with E-state index in [1.807, 2.05) is 18.2 Å². The van der Waals surface area contributed by atoms with E-state index in [9.17, 15) is 4.79 Å². The number of hydrogen-bond donors (Lipinski definition) is 1. The number of aromatic nitrogens is 4. The summed E-state index contributed by atoms with van der Waals surface area (Å²) >= 11 is 8.21. The van der Waals surface area contributed by atoms with E-state index in [-0.39, 0.29) is 5.91 Å². The predicted molar refractivity (Wildman–Crippen MR) is 117 cm³/mol. The van der Waals surface area contributed by atoms with Crippen LogP contribution in [-0.2, 0) is 0 Å². The molecule has 2 aromatic heterocycles. The van der Waals surface area contributed by atoms with Gasteiger partial charge in [0.1, 0.15) is 22.8 Å². The Kier molecular flexibility index (Phi) is 5.52. The first-order chi connectivity index (χ1) is 14.0. The van der Waals surface area contributed by atoms with E-state index < -0.39 is 0 Å². The summed E-state index contributed by atoms with van der Waals surface area (Å²) in [5.74, 6) is 0.630. The van der Waals surface area contributed by atoms with Crippen LogP contribution in [0.1, 0.15) is 10.4 Å². The van der Waals surface area contributed by atoms with Gasteiger partial charge in [-0.1, -0.05) is 27.3 Å². The molecule has 0 saturated carbocycles. The third-order valence-electron chi connectivity index (χ3n) is 4.04. The first-order valence-corrected chi connectivity index (χ1v) is 10.6. The minimum atomic E-state index is -0.336. The molecule has 29 heavy (non-hydrogen) atoms. The summed E-state index contributed by atoms with van der Waals surface area (Å²) in [7, 11) is 3.06. The molecule has 148 valence electrons. The second-order valence-corrected chi connectivity index (χ2v) is 8.53. The molecule has 1 amide bonds. The van der Waals surface area contributed by atoms with Crippen LogP contribution < -0.4 is 14.8 Å². The summed E-state index contributed by atoms with van der Waals surface area (Å²) in [6.07, 6.45) is 1.54. The van der Waals surface area contributed by atoms with Crippen molar-refractivity contribution in [2.24, 2.45) is 0 Å². The lowest BCUT2D eigenvalue weighted by atomic mass is 10.1. The van der Waals surface area contributed by atoms with Gasteiger partial charge in [-0.05, 0) is 46.3 Å². The van der Waals surface area contributed by atoms with E-state index in [2.05, 4.69) is 52.5 Å². The summed E-state index contributed by atoms with van der Waals surface area (Å²) in [6, 6.07) is 8.96. The Morgan fingerprint density at radius 2 is 2.00 bits per heavy atom. The number of nitrogens with one attached hydrogen (secondary N) is 1. The van der Waals surface area contributed by atoms with Gasteiger partial charge in [0.15, 0.2) is 0 Å². The maximum Gasteiger partial charge on any atom is 0.259 e. The highest BCUT2D eigenvalue weighted by atomic mass is 79.9. The van der Waals surface area contributed by atoms with Crippen molar-refractivity contribution in [2.75, 3.05) is 19.5 Å². The fourth-order valence-corrected chi connectivity index (χ4v) is 4.94. The van der Waals surface area contributed by atoms with Gasteiger partial charge in [-0.3, -0.25) is 4.79 Å². The van der Waals surface area contributed by atoms with Gasteiger partial charge in [-0.15, -0.1) is 10.2 Å². The van der Waals surface area contributed by atoms with Gasteiger partial charge in [0.05, 0.1) is 29.9 Å². The molecule has 0 unspecified atom stereocenters. The molecule has 4 rings (SSSR count). The largest absolute Gasteiger partial charge is 0.495 e. The Labute approximate surface area is 186 Å². The second kappa shape index (κ2) is 8.09. The molecule has 0 aliphatic heterocycles. The molecule has 0 bridgehead atoms. The molecule has 2 heterocycles. The average Bonchev–Trinajstić information content (AvgIpc) is 3.29. The highest BCUT2D eigenvalue weighted by Crippen LogP contribution is 2.36. The molecule has 0 aliphatic rings. The number of benzene rings is 2. The third kappa shape index (κ3) is 3.85. The molecule has 0 aliphatic carbocycles.